The summed E-state index contributed by atoms with van der Waals surface area (Å²) in [5, 5.41) is 10.7. The quantitative estimate of drug-likeness (QED) is 0.156. The molecule has 0 saturated heterocycles. The van der Waals surface area contributed by atoms with Crippen molar-refractivity contribution in [2.45, 2.75) is 237 Å². The molecule has 4 heteroatoms. The SMILES string of the molecule is Cc1cc(-c2cc3c(cc2C)-c2c(ccc4ccccc24)C(C)(C)C3(C)C)[n+](C)cc1C.Cc1cc(-c2cc3c(cc2C)-c2cc4ccccc4cc2C(C)(C)C3(C)C)[n+](C)cc1C.Cc1cc(-c2cc3c(cc2C)-c2ccc4ccccc4c2C(C)(C)C3(C)C)[n+](C)cc1C.Cc1cc(-c2ccc3c(c2C)C(C)(C)C(C)(C)c2c-3ccc3ccccc23)[n+](C)cc1C. The van der Waals surface area contributed by atoms with Gasteiger partial charge in [-0.05, 0) is 329 Å². The lowest BCUT2D eigenvalue weighted by Crippen LogP contribution is -2.44. The summed E-state index contributed by atoms with van der Waals surface area (Å²) in [6.45, 7) is 65.5. The zero-order chi connectivity index (χ0) is 92.0. The van der Waals surface area contributed by atoms with E-state index in [0.29, 0.717) is 0 Å². The fourth-order valence-electron chi connectivity index (χ4n) is 22.8. The van der Waals surface area contributed by atoms with Gasteiger partial charge in [-0.1, -0.05) is 269 Å². The molecule has 20 rings (SSSR count). The molecule has 0 radical (unpaired) electrons. The standard InChI is InChI=1S/4C31H34N/c1-19-14-29(32(8)18-21(19)3)24-17-28-25(13-20(24)2)26-15-22-11-9-10-12-23(22)16-27(26)30(4,5)31(28,6)7;1-19-16-28(32(8)18-21(19)3)24-17-27-25(15-20(24)2)29-23-12-10-9-11-22(23)13-14-26(29)30(4,5)31(27,6)7;1-19-16-28(32(8)18-21(19)3)25-17-27-26(15-20(25)2)24-14-13-22-11-9-10-12-23(22)29(24)31(6,7)30(27,4)5;1-19-17-27(32(8)18-20(19)2)23-15-16-25-26-14-13-22-11-9-10-12-24(22)29(26)31(6,7)30(4,5)28(25)21(23)3/h4*9-18H,1-8H3/q4*+1. The molecule has 4 aromatic heterocycles. The Kier molecular flexibility index (Phi) is 21.4. The molecule has 4 aliphatic rings. The van der Waals surface area contributed by atoms with Gasteiger partial charge >= 0.3 is 0 Å². The van der Waals surface area contributed by atoms with Gasteiger partial charge in [0.05, 0.1) is 0 Å². The maximum absolute atomic E-state index is 2.49. The Bertz CT molecular complexity index is 7060. The number of hydrogen-bond donors (Lipinski definition) is 0. The van der Waals surface area contributed by atoms with E-state index in [4.69, 9.17) is 0 Å². The average molecular weight is 1680 g/mol. The minimum Gasteiger partial charge on any atom is -0.201 e. The maximum Gasteiger partial charge on any atom is 0.212 e. The highest BCUT2D eigenvalue weighted by Gasteiger charge is 2.52. The van der Waals surface area contributed by atoms with Crippen molar-refractivity contribution in [3.8, 4) is 89.5 Å². The van der Waals surface area contributed by atoms with Gasteiger partial charge in [0.2, 0.25) is 22.8 Å². The Balaban J connectivity index is 0.000000120. The van der Waals surface area contributed by atoms with Crippen LogP contribution in [0.15, 0.2) is 243 Å². The smallest absolute Gasteiger partial charge is 0.201 e. The van der Waals surface area contributed by atoms with Crippen LogP contribution >= 0.6 is 0 Å². The van der Waals surface area contributed by atoms with E-state index in [-0.39, 0.29) is 43.3 Å². The summed E-state index contributed by atoms with van der Waals surface area (Å²) in [6.07, 6.45) is 9.00. The summed E-state index contributed by atoms with van der Waals surface area (Å²) >= 11 is 0. The van der Waals surface area contributed by atoms with Crippen LogP contribution in [0.5, 0.6) is 0 Å². The van der Waals surface area contributed by atoms with E-state index in [9.17, 15) is 0 Å². The van der Waals surface area contributed by atoms with E-state index in [1.165, 1.54) is 244 Å². The van der Waals surface area contributed by atoms with E-state index in [2.05, 4.69) is 484 Å². The van der Waals surface area contributed by atoms with Gasteiger partial charge in [-0.2, -0.15) is 0 Å². The molecule has 0 bridgehead atoms. The molecule has 0 N–H and O–H groups in total. The monoisotopic (exact) mass is 1680 g/mol. The highest BCUT2D eigenvalue weighted by atomic mass is 14.9. The number of benzene rings is 12. The van der Waals surface area contributed by atoms with Crippen molar-refractivity contribution in [2.24, 2.45) is 28.2 Å². The van der Waals surface area contributed by atoms with Crippen molar-refractivity contribution < 1.29 is 18.3 Å². The number of rotatable bonds is 4. The highest BCUT2D eigenvalue weighted by molar-refractivity contribution is 6.03. The molecule has 0 fully saturated rings. The lowest BCUT2D eigenvalue weighted by Gasteiger charge is -2.49. The summed E-state index contributed by atoms with van der Waals surface area (Å²) in [5.41, 5.74) is 49.4. The van der Waals surface area contributed by atoms with Gasteiger partial charge in [0.25, 0.3) is 0 Å². The first kappa shape index (κ1) is 88.3. The number of fused-ring (bicyclic) bond motifs is 19. The topological polar surface area (TPSA) is 15.5 Å². The van der Waals surface area contributed by atoms with Gasteiger partial charge in [0, 0.05) is 79.6 Å². The Morgan fingerprint density at radius 2 is 0.445 bits per heavy atom. The minimum absolute atomic E-state index is 0.00144. The second kappa shape index (κ2) is 31.0. The fraction of sp³-hybridized carbons (Fsp3) is 0.323. The van der Waals surface area contributed by atoms with Crippen LogP contribution in [0.2, 0.25) is 0 Å². The Morgan fingerprint density at radius 3 is 0.867 bits per heavy atom. The molecule has 4 heterocycles. The average Bonchev–Trinajstić information content (AvgIpc) is 0.719. The second-order valence-electron chi connectivity index (χ2n) is 43.2. The summed E-state index contributed by atoms with van der Waals surface area (Å²) in [5.74, 6) is 0. The molecule has 12 aromatic carbocycles. The van der Waals surface area contributed by atoms with Crippen molar-refractivity contribution in [1.29, 1.82) is 0 Å². The van der Waals surface area contributed by atoms with Crippen molar-refractivity contribution in [3.63, 3.8) is 0 Å². The summed E-state index contributed by atoms with van der Waals surface area (Å²) in [6, 6.07) is 82.9. The molecule has 128 heavy (non-hydrogen) atoms. The molecule has 0 aliphatic heterocycles. The largest absolute Gasteiger partial charge is 0.212 e. The molecule has 0 amide bonds. The summed E-state index contributed by atoms with van der Waals surface area (Å²) in [4.78, 5) is 0. The third kappa shape index (κ3) is 13.6. The molecular formula is C124H136N4+4. The predicted molar refractivity (Wildman–Crippen MR) is 545 cm³/mol. The van der Waals surface area contributed by atoms with E-state index < -0.39 is 0 Å². The molecule has 0 atom stereocenters. The molecule has 0 saturated carbocycles. The lowest BCUT2D eigenvalue weighted by atomic mass is 9.54. The van der Waals surface area contributed by atoms with Crippen LogP contribution in [0, 0.1) is 83.1 Å². The molecule has 0 spiro atoms. The van der Waals surface area contributed by atoms with Gasteiger partial charge < -0.3 is 0 Å². The maximum atomic E-state index is 2.49. The van der Waals surface area contributed by atoms with E-state index in [0.717, 1.165) is 0 Å². The van der Waals surface area contributed by atoms with E-state index in [1.54, 1.807) is 0 Å². The molecule has 4 nitrogen and oxygen atoms in total. The van der Waals surface area contributed by atoms with Crippen molar-refractivity contribution in [2.75, 3.05) is 0 Å². The van der Waals surface area contributed by atoms with Crippen LogP contribution in [-0.2, 0) is 71.5 Å². The van der Waals surface area contributed by atoms with Gasteiger partial charge in [0.15, 0.2) is 24.8 Å². The zero-order valence-corrected chi connectivity index (χ0v) is 82.9. The zero-order valence-electron chi connectivity index (χ0n) is 82.9. The third-order valence-corrected chi connectivity index (χ3v) is 33.9. The minimum atomic E-state index is -0.0160. The van der Waals surface area contributed by atoms with Crippen LogP contribution in [-0.4, -0.2) is 0 Å². The molecule has 648 valence electrons. The molecule has 0 unspecified atom stereocenters. The number of pyridine rings is 4. The fourth-order valence-corrected chi connectivity index (χ4v) is 22.8. The van der Waals surface area contributed by atoms with E-state index in [1.807, 2.05) is 0 Å². The molecular weight excluding hydrogens is 1550 g/mol. The van der Waals surface area contributed by atoms with Gasteiger partial charge in [-0.3, -0.25) is 0 Å². The Morgan fingerprint density at radius 1 is 0.180 bits per heavy atom. The number of aryl methyl sites for hydroxylation is 15. The van der Waals surface area contributed by atoms with E-state index >= 15 is 0 Å². The Labute approximate surface area is 765 Å². The first-order valence-corrected chi connectivity index (χ1v) is 46.8. The number of aromatic nitrogens is 4. The first-order chi connectivity index (χ1) is 60.1. The first-order valence-electron chi connectivity index (χ1n) is 46.8. The summed E-state index contributed by atoms with van der Waals surface area (Å²) in [7, 11) is 8.66. The van der Waals surface area contributed by atoms with Crippen LogP contribution in [0.1, 0.15) is 222 Å². The number of nitrogens with zero attached hydrogens (tertiary/aromatic N) is 4. The van der Waals surface area contributed by atoms with Crippen molar-refractivity contribution in [3.05, 3.63) is 354 Å². The highest BCUT2D eigenvalue weighted by Crippen LogP contribution is 2.62. The number of hydrogen-bond acceptors (Lipinski definition) is 0. The van der Waals surface area contributed by atoms with Crippen LogP contribution in [0.4, 0.5) is 0 Å². The summed E-state index contributed by atoms with van der Waals surface area (Å²) < 4.78 is 9.11. The van der Waals surface area contributed by atoms with Gasteiger partial charge in [-0.25, -0.2) is 18.3 Å². The van der Waals surface area contributed by atoms with Crippen LogP contribution in [0.3, 0.4) is 0 Å². The van der Waals surface area contributed by atoms with Crippen LogP contribution < -0.4 is 18.3 Å². The normalized spacial score (nSPS) is 16.0. The van der Waals surface area contributed by atoms with Crippen LogP contribution in [0.25, 0.3) is 133 Å². The van der Waals surface area contributed by atoms with Crippen molar-refractivity contribution >= 4 is 43.1 Å². The third-order valence-electron chi connectivity index (χ3n) is 33.9. The lowest BCUT2D eigenvalue weighted by molar-refractivity contribution is -0.660. The van der Waals surface area contributed by atoms with Gasteiger partial charge in [-0.15, -0.1) is 0 Å². The predicted octanol–water partition coefficient (Wildman–Crippen LogP) is 30.0. The van der Waals surface area contributed by atoms with Crippen molar-refractivity contribution in [1.82, 2.24) is 0 Å². The van der Waals surface area contributed by atoms with Gasteiger partial charge in [0.1, 0.15) is 28.2 Å². The Hall–Kier alpha value is -11.7. The molecule has 4 aliphatic carbocycles. The second-order valence-corrected chi connectivity index (χ2v) is 43.2. The molecule has 16 aromatic rings.